The summed E-state index contributed by atoms with van der Waals surface area (Å²) in [5.74, 6) is 0.378. The van der Waals surface area contributed by atoms with E-state index in [4.69, 9.17) is 4.74 Å². The molecule has 0 saturated carbocycles. The monoisotopic (exact) mass is 256 g/mol. The minimum atomic E-state index is -0.406. The average molecular weight is 256 g/mol. The summed E-state index contributed by atoms with van der Waals surface area (Å²) in [7, 11) is 3.46. The van der Waals surface area contributed by atoms with Crippen LogP contribution >= 0.6 is 0 Å². The molecule has 1 rings (SSSR count). The molecule has 0 spiro atoms. The molecule has 1 aromatic rings. The molecular formula is C12H21FN4O. The van der Waals surface area contributed by atoms with Gasteiger partial charge in [-0.3, -0.25) is 0 Å². The van der Waals surface area contributed by atoms with E-state index in [1.165, 1.54) is 6.20 Å². The number of halogens is 1. The van der Waals surface area contributed by atoms with E-state index in [2.05, 4.69) is 15.3 Å². The third-order valence-electron chi connectivity index (χ3n) is 2.46. The summed E-state index contributed by atoms with van der Waals surface area (Å²) in [5, 5.41) is 3.04. The number of ether oxygens (including phenoxy) is 1. The number of anilines is 2. The summed E-state index contributed by atoms with van der Waals surface area (Å²) < 4.78 is 18.6. The summed E-state index contributed by atoms with van der Waals surface area (Å²) >= 11 is 0. The molecular weight excluding hydrogens is 235 g/mol. The summed E-state index contributed by atoms with van der Waals surface area (Å²) in [5.41, 5.74) is 0. The van der Waals surface area contributed by atoms with E-state index in [9.17, 15) is 4.39 Å². The van der Waals surface area contributed by atoms with Crippen LogP contribution in [0.2, 0.25) is 0 Å². The van der Waals surface area contributed by atoms with Crippen LogP contribution in [0.3, 0.4) is 0 Å². The van der Waals surface area contributed by atoms with Crippen LogP contribution in [0.25, 0.3) is 0 Å². The minimum absolute atomic E-state index is 0.319. The zero-order valence-corrected chi connectivity index (χ0v) is 11.2. The van der Waals surface area contributed by atoms with Crippen LogP contribution < -0.4 is 10.2 Å². The lowest BCUT2D eigenvalue weighted by atomic mass is 10.4. The van der Waals surface area contributed by atoms with E-state index >= 15 is 0 Å². The first-order chi connectivity index (χ1) is 8.69. The van der Waals surface area contributed by atoms with Gasteiger partial charge in [-0.05, 0) is 12.8 Å². The van der Waals surface area contributed by atoms with E-state index < -0.39 is 5.82 Å². The Bertz CT molecular complexity index is 362. The number of aromatic nitrogens is 2. The highest BCUT2D eigenvalue weighted by Crippen LogP contribution is 2.16. The molecule has 1 heterocycles. The van der Waals surface area contributed by atoms with Gasteiger partial charge >= 0.3 is 0 Å². The first kappa shape index (κ1) is 14.6. The lowest BCUT2D eigenvalue weighted by molar-refractivity contribution is 0.196. The molecule has 0 unspecified atom stereocenters. The van der Waals surface area contributed by atoms with Gasteiger partial charge in [-0.2, -0.15) is 4.98 Å². The Morgan fingerprint density at radius 3 is 2.94 bits per heavy atom. The topological polar surface area (TPSA) is 50.3 Å². The van der Waals surface area contributed by atoms with Crippen LogP contribution in [-0.2, 0) is 4.74 Å². The van der Waals surface area contributed by atoms with E-state index in [-0.39, 0.29) is 0 Å². The van der Waals surface area contributed by atoms with Gasteiger partial charge in [0.15, 0.2) is 11.6 Å². The molecule has 0 atom stereocenters. The van der Waals surface area contributed by atoms with Crippen molar-refractivity contribution in [1.29, 1.82) is 0 Å². The Labute approximate surface area is 107 Å². The molecule has 0 aliphatic rings. The van der Waals surface area contributed by atoms with Crippen LogP contribution in [0.15, 0.2) is 6.20 Å². The van der Waals surface area contributed by atoms with Crippen molar-refractivity contribution in [2.24, 2.45) is 0 Å². The highest BCUT2D eigenvalue weighted by Gasteiger charge is 2.11. The van der Waals surface area contributed by atoms with Crippen LogP contribution in [0.5, 0.6) is 0 Å². The van der Waals surface area contributed by atoms with Gasteiger partial charge in [0.25, 0.3) is 0 Å². The fraction of sp³-hybridized carbons (Fsp3) is 0.667. The maximum atomic E-state index is 13.6. The molecule has 0 saturated heterocycles. The Balaban J connectivity index is 2.66. The average Bonchev–Trinajstić information content (AvgIpc) is 2.38. The highest BCUT2D eigenvalue weighted by molar-refractivity contribution is 5.43. The first-order valence-electron chi connectivity index (χ1n) is 6.15. The second kappa shape index (κ2) is 7.81. The van der Waals surface area contributed by atoms with Crippen molar-refractivity contribution in [3.8, 4) is 0 Å². The Kier molecular flexibility index (Phi) is 6.35. The molecule has 5 nitrogen and oxygen atoms in total. The van der Waals surface area contributed by atoms with Gasteiger partial charge < -0.3 is 15.0 Å². The number of hydrogen-bond acceptors (Lipinski definition) is 5. The second-order valence-corrected chi connectivity index (χ2v) is 4.06. The smallest absolute Gasteiger partial charge is 0.224 e. The molecule has 1 aromatic heterocycles. The molecule has 0 aliphatic heterocycles. The van der Waals surface area contributed by atoms with Crippen molar-refractivity contribution in [3.05, 3.63) is 12.0 Å². The summed E-state index contributed by atoms with van der Waals surface area (Å²) in [6.45, 7) is 4.17. The number of hydrogen-bond donors (Lipinski definition) is 1. The standard InChI is InChI=1S/C12H21FN4O/c1-4-6-14-12-15-9-10(13)11(16-12)17(2)7-5-8-18-3/h9H,4-8H2,1-3H3,(H,14,15,16). The number of rotatable bonds is 8. The maximum Gasteiger partial charge on any atom is 0.224 e. The van der Waals surface area contributed by atoms with Crippen molar-refractivity contribution in [3.63, 3.8) is 0 Å². The van der Waals surface area contributed by atoms with E-state index in [1.807, 2.05) is 14.0 Å². The van der Waals surface area contributed by atoms with Crippen LogP contribution in [-0.4, -0.2) is 43.8 Å². The first-order valence-corrected chi connectivity index (χ1v) is 6.15. The molecule has 0 fully saturated rings. The van der Waals surface area contributed by atoms with E-state index in [0.29, 0.717) is 24.9 Å². The zero-order chi connectivity index (χ0) is 13.4. The summed E-state index contributed by atoms with van der Waals surface area (Å²) in [4.78, 5) is 9.85. The fourth-order valence-corrected chi connectivity index (χ4v) is 1.50. The number of nitrogens with zero attached hydrogens (tertiary/aromatic N) is 3. The van der Waals surface area contributed by atoms with Crippen molar-refractivity contribution in [2.75, 3.05) is 44.1 Å². The third-order valence-corrected chi connectivity index (χ3v) is 2.46. The number of nitrogens with one attached hydrogen (secondary N) is 1. The molecule has 0 aromatic carbocycles. The molecule has 0 radical (unpaired) electrons. The van der Waals surface area contributed by atoms with Crippen LogP contribution in [0.1, 0.15) is 19.8 Å². The van der Waals surface area contributed by atoms with Crippen LogP contribution in [0.4, 0.5) is 16.2 Å². The molecule has 102 valence electrons. The van der Waals surface area contributed by atoms with Crippen molar-refractivity contribution >= 4 is 11.8 Å². The van der Waals surface area contributed by atoms with Crippen molar-refractivity contribution < 1.29 is 9.13 Å². The van der Waals surface area contributed by atoms with Gasteiger partial charge in [0, 0.05) is 33.9 Å². The van der Waals surface area contributed by atoms with Gasteiger partial charge in [-0.1, -0.05) is 6.92 Å². The Hall–Kier alpha value is -1.43. The van der Waals surface area contributed by atoms with Gasteiger partial charge in [-0.25, -0.2) is 9.37 Å². The lowest BCUT2D eigenvalue weighted by Crippen LogP contribution is -2.23. The summed E-state index contributed by atoms with van der Waals surface area (Å²) in [6, 6.07) is 0. The number of methoxy groups -OCH3 is 1. The summed E-state index contributed by atoms with van der Waals surface area (Å²) in [6.07, 6.45) is 3.00. The van der Waals surface area contributed by atoms with Gasteiger partial charge in [0.2, 0.25) is 5.95 Å². The fourth-order valence-electron chi connectivity index (χ4n) is 1.50. The normalized spacial score (nSPS) is 10.4. The van der Waals surface area contributed by atoms with Crippen molar-refractivity contribution in [2.45, 2.75) is 19.8 Å². The van der Waals surface area contributed by atoms with Gasteiger partial charge in [0.1, 0.15) is 0 Å². The molecule has 0 aliphatic carbocycles. The molecule has 18 heavy (non-hydrogen) atoms. The predicted molar refractivity (Wildman–Crippen MR) is 70.5 cm³/mol. The maximum absolute atomic E-state index is 13.6. The third kappa shape index (κ3) is 4.44. The van der Waals surface area contributed by atoms with Crippen molar-refractivity contribution in [1.82, 2.24) is 9.97 Å². The largest absolute Gasteiger partial charge is 0.385 e. The lowest BCUT2D eigenvalue weighted by Gasteiger charge is -2.18. The molecule has 0 amide bonds. The second-order valence-electron chi connectivity index (χ2n) is 4.06. The highest BCUT2D eigenvalue weighted by atomic mass is 19.1. The zero-order valence-electron chi connectivity index (χ0n) is 11.2. The minimum Gasteiger partial charge on any atom is -0.385 e. The quantitative estimate of drug-likeness (QED) is 0.720. The Morgan fingerprint density at radius 2 is 2.28 bits per heavy atom. The SMILES string of the molecule is CCCNc1ncc(F)c(N(C)CCCOC)n1. The van der Waals surface area contributed by atoms with Gasteiger partial charge in [-0.15, -0.1) is 0 Å². The predicted octanol–water partition coefficient (Wildman–Crippen LogP) is 1.91. The molecule has 1 N–H and O–H groups in total. The van der Waals surface area contributed by atoms with Crippen LogP contribution in [0, 0.1) is 5.82 Å². The molecule has 6 heteroatoms. The van der Waals surface area contributed by atoms with E-state index in [1.54, 1.807) is 12.0 Å². The van der Waals surface area contributed by atoms with Gasteiger partial charge in [0.05, 0.1) is 6.20 Å². The molecule has 0 bridgehead atoms. The Morgan fingerprint density at radius 1 is 1.50 bits per heavy atom. The van der Waals surface area contributed by atoms with E-state index in [0.717, 1.165) is 19.4 Å².